The number of aromatic nitrogens is 2. The fourth-order valence-electron chi connectivity index (χ4n) is 3.25. The van der Waals surface area contributed by atoms with Crippen molar-refractivity contribution in [1.29, 1.82) is 5.26 Å². The van der Waals surface area contributed by atoms with Gasteiger partial charge in [-0.3, -0.25) is 9.20 Å². The van der Waals surface area contributed by atoms with Crippen molar-refractivity contribution >= 4 is 28.1 Å². The molecule has 0 saturated carbocycles. The number of carbonyl (C=O) groups is 1. The molecule has 2 aromatic carbocycles. The highest BCUT2D eigenvalue weighted by molar-refractivity contribution is 5.97. The molecule has 0 fully saturated rings. The van der Waals surface area contributed by atoms with E-state index in [1.165, 1.54) is 4.90 Å². The van der Waals surface area contributed by atoms with E-state index in [2.05, 4.69) is 16.4 Å². The molecule has 0 aliphatic rings. The summed E-state index contributed by atoms with van der Waals surface area (Å²) < 4.78 is 1.89. The first kappa shape index (κ1) is 17.6. The lowest BCUT2D eigenvalue weighted by atomic mass is 10.1. The number of benzene rings is 2. The maximum Gasteiger partial charge on any atom is 0.273 e. The third kappa shape index (κ3) is 3.03. The summed E-state index contributed by atoms with van der Waals surface area (Å²) in [5, 5.41) is 13.9. The van der Waals surface area contributed by atoms with E-state index in [0.717, 1.165) is 22.2 Å². The molecule has 0 saturated heterocycles. The van der Waals surface area contributed by atoms with Crippen molar-refractivity contribution < 1.29 is 4.79 Å². The number of rotatable bonds is 4. The molecule has 0 atom stereocenters. The largest absolute Gasteiger partial charge is 0.379 e. The molecular formula is C22H19N5O. The van der Waals surface area contributed by atoms with E-state index in [4.69, 9.17) is 0 Å². The molecule has 28 heavy (non-hydrogen) atoms. The van der Waals surface area contributed by atoms with Gasteiger partial charge in [0, 0.05) is 32.2 Å². The van der Waals surface area contributed by atoms with Crippen molar-refractivity contribution in [3.8, 4) is 6.07 Å². The van der Waals surface area contributed by atoms with E-state index < -0.39 is 0 Å². The predicted molar refractivity (Wildman–Crippen MR) is 109 cm³/mol. The zero-order valence-electron chi connectivity index (χ0n) is 15.7. The third-order valence-electron chi connectivity index (χ3n) is 4.67. The van der Waals surface area contributed by atoms with Crippen LogP contribution in [-0.2, 0) is 6.54 Å². The number of hydrogen-bond donors (Lipinski definition) is 1. The molecule has 1 amide bonds. The van der Waals surface area contributed by atoms with Crippen LogP contribution in [0.25, 0.3) is 16.6 Å². The molecule has 0 aliphatic carbocycles. The summed E-state index contributed by atoms with van der Waals surface area (Å²) in [6.07, 6.45) is 1.74. The lowest BCUT2D eigenvalue weighted by molar-refractivity contribution is 0.0822. The van der Waals surface area contributed by atoms with E-state index in [9.17, 15) is 10.1 Å². The van der Waals surface area contributed by atoms with Gasteiger partial charge in [-0.1, -0.05) is 30.3 Å². The van der Waals surface area contributed by atoms with Gasteiger partial charge in [0.05, 0.1) is 16.8 Å². The highest BCUT2D eigenvalue weighted by Crippen LogP contribution is 2.29. The maximum absolute atomic E-state index is 12.3. The van der Waals surface area contributed by atoms with Crippen molar-refractivity contribution in [2.24, 2.45) is 0 Å². The van der Waals surface area contributed by atoms with E-state index in [1.807, 2.05) is 52.9 Å². The van der Waals surface area contributed by atoms with Crippen LogP contribution in [0, 0.1) is 11.3 Å². The van der Waals surface area contributed by atoms with Gasteiger partial charge >= 0.3 is 0 Å². The summed E-state index contributed by atoms with van der Waals surface area (Å²) in [4.78, 5) is 18.2. The van der Waals surface area contributed by atoms with Gasteiger partial charge in [0.25, 0.3) is 5.91 Å². The zero-order chi connectivity index (χ0) is 19.7. The molecule has 2 aromatic heterocycles. The van der Waals surface area contributed by atoms with Gasteiger partial charge in [-0.2, -0.15) is 5.26 Å². The van der Waals surface area contributed by atoms with Crippen molar-refractivity contribution in [3.63, 3.8) is 0 Å². The standard InChI is InChI=1S/C22H19N5O/c1-26(2)22(28)18-14-27-19-10-8-16(12-23)21(17(19)9-11-20(27)25-18)24-13-15-6-4-3-5-7-15/h3-11,14,24H,13H2,1-2H3. The molecule has 2 heterocycles. The summed E-state index contributed by atoms with van der Waals surface area (Å²) in [6.45, 7) is 0.612. The van der Waals surface area contributed by atoms with Gasteiger partial charge in [0.2, 0.25) is 0 Å². The van der Waals surface area contributed by atoms with Crippen LogP contribution < -0.4 is 5.32 Å². The van der Waals surface area contributed by atoms with E-state index in [1.54, 1.807) is 26.4 Å². The smallest absolute Gasteiger partial charge is 0.273 e. The van der Waals surface area contributed by atoms with Crippen molar-refractivity contribution in [3.05, 3.63) is 77.6 Å². The Morgan fingerprint density at radius 3 is 2.64 bits per heavy atom. The first-order valence-electron chi connectivity index (χ1n) is 8.93. The average Bonchev–Trinajstić information content (AvgIpc) is 3.16. The van der Waals surface area contributed by atoms with Crippen LogP contribution >= 0.6 is 0 Å². The lowest BCUT2D eigenvalue weighted by Gasteiger charge is -2.13. The molecule has 1 N–H and O–H groups in total. The Bertz CT molecular complexity index is 1220. The van der Waals surface area contributed by atoms with Crippen molar-refractivity contribution in [2.75, 3.05) is 19.4 Å². The van der Waals surface area contributed by atoms with Gasteiger partial charge in [-0.25, -0.2) is 4.98 Å². The first-order chi connectivity index (χ1) is 13.6. The molecule has 0 aliphatic heterocycles. The fraction of sp³-hybridized carbons (Fsp3) is 0.136. The maximum atomic E-state index is 12.3. The van der Waals surface area contributed by atoms with Crippen LogP contribution in [0.2, 0.25) is 0 Å². The number of carbonyl (C=O) groups excluding carboxylic acids is 1. The molecular weight excluding hydrogens is 350 g/mol. The number of fused-ring (bicyclic) bond motifs is 3. The number of anilines is 1. The van der Waals surface area contributed by atoms with Gasteiger partial charge in [0.15, 0.2) is 0 Å². The number of hydrogen-bond acceptors (Lipinski definition) is 4. The van der Waals surface area contributed by atoms with Gasteiger partial charge < -0.3 is 10.2 Å². The Morgan fingerprint density at radius 1 is 1.14 bits per heavy atom. The minimum Gasteiger partial charge on any atom is -0.379 e. The van der Waals surface area contributed by atoms with Gasteiger partial charge in [0.1, 0.15) is 17.4 Å². The van der Waals surface area contributed by atoms with Gasteiger partial charge in [-0.15, -0.1) is 0 Å². The van der Waals surface area contributed by atoms with Crippen molar-refractivity contribution in [1.82, 2.24) is 14.3 Å². The zero-order valence-corrected chi connectivity index (χ0v) is 15.7. The molecule has 6 nitrogen and oxygen atoms in total. The van der Waals surface area contributed by atoms with Crippen LogP contribution in [0.15, 0.2) is 60.8 Å². The molecule has 0 radical (unpaired) electrons. The minimum atomic E-state index is -0.145. The van der Waals surface area contributed by atoms with Crippen LogP contribution in [0.5, 0.6) is 0 Å². The fourth-order valence-corrected chi connectivity index (χ4v) is 3.25. The molecule has 0 spiro atoms. The van der Waals surface area contributed by atoms with Gasteiger partial charge in [-0.05, 0) is 29.8 Å². The Hall–Kier alpha value is -3.85. The molecule has 4 rings (SSSR count). The van der Waals surface area contributed by atoms with Crippen LogP contribution in [0.1, 0.15) is 21.6 Å². The summed E-state index contributed by atoms with van der Waals surface area (Å²) >= 11 is 0. The Balaban J connectivity index is 1.83. The van der Waals surface area contributed by atoms with Crippen LogP contribution in [-0.4, -0.2) is 34.3 Å². The normalized spacial score (nSPS) is 10.8. The Labute approximate surface area is 162 Å². The molecule has 138 valence electrons. The van der Waals surface area contributed by atoms with Crippen LogP contribution in [0.4, 0.5) is 5.69 Å². The molecule has 6 heteroatoms. The second kappa shape index (κ2) is 7.05. The number of nitriles is 1. The quantitative estimate of drug-likeness (QED) is 0.596. The summed E-state index contributed by atoms with van der Waals surface area (Å²) in [5.41, 5.74) is 4.45. The second-order valence-corrected chi connectivity index (χ2v) is 6.76. The first-order valence-corrected chi connectivity index (χ1v) is 8.93. The summed E-state index contributed by atoms with van der Waals surface area (Å²) in [5.74, 6) is -0.145. The number of nitrogens with one attached hydrogen (secondary N) is 1. The second-order valence-electron chi connectivity index (χ2n) is 6.76. The Morgan fingerprint density at radius 2 is 1.93 bits per heavy atom. The SMILES string of the molecule is CN(C)C(=O)c1cn2c(ccc3c(NCc4ccccc4)c(C#N)ccc32)n1. The van der Waals surface area contributed by atoms with Crippen molar-refractivity contribution in [2.45, 2.75) is 6.54 Å². The third-order valence-corrected chi connectivity index (χ3v) is 4.67. The highest BCUT2D eigenvalue weighted by Gasteiger charge is 2.15. The van der Waals surface area contributed by atoms with Crippen LogP contribution in [0.3, 0.4) is 0 Å². The highest BCUT2D eigenvalue weighted by atomic mass is 16.2. The Kier molecular flexibility index (Phi) is 4.42. The molecule has 0 bridgehead atoms. The van der Waals surface area contributed by atoms with E-state index in [0.29, 0.717) is 23.4 Å². The lowest BCUT2D eigenvalue weighted by Crippen LogP contribution is -2.21. The average molecular weight is 369 g/mol. The molecule has 4 aromatic rings. The monoisotopic (exact) mass is 369 g/mol. The van der Waals surface area contributed by atoms with E-state index >= 15 is 0 Å². The number of imidazole rings is 1. The topological polar surface area (TPSA) is 73.4 Å². The number of pyridine rings is 1. The summed E-state index contributed by atoms with van der Waals surface area (Å²) in [7, 11) is 3.41. The van der Waals surface area contributed by atoms with E-state index in [-0.39, 0.29) is 5.91 Å². The summed E-state index contributed by atoms with van der Waals surface area (Å²) in [6, 6.07) is 19.8. The number of nitrogens with zero attached hydrogens (tertiary/aromatic N) is 4. The predicted octanol–water partition coefficient (Wildman–Crippen LogP) is 3.67. The molecule has 0 unspecified atom stereocenters. The minimum absolute atomic E-state index is 0.145. The number of amides is 1.